The van der Waals surface area contributed by atoms with E-state index in [-0.39, 0.29) is 12.7 Å². The topological polar surface area (TPSA) is 62.2 Å². The number of rotatable bonds is 6. The van der Waals surface area contributed by atoms with Crippen molar-refractivity contribution in [3.05, 3.63) is 42.5 Å². The van der Waals surface area contributed by atoms with Gasteiger partial charge in [0, 0.05) is 32.7 Å². The number of nitrogens with zero attached hydrogens (tertiary/aromatic N) is 2. The summed E-state index contributed by atoms with van der Waals surface area (Å²) in [5.41, 5.74) is 0. The molecule has 140 valence electrons. The Morgan fingerprint density at radius 2 is 1.85 bits per heavy atom. The molecule has 26 heavy (non-hydrogen) atoms. The van der Waals surface area contributed by atoms with Crippen molar-refractivity contribution in [3.8, 4) is 5.75 Å². The quantitative estimate of drug-likeness (QED) is 0.859. The average Bonchev–Trinajstić information content (AvgIpc) is 2.67. The van der Waals surface area contributed by atoms with Gasteiger partial charge in [0.25, 0.3) is 0 Å². The van der Waals surface area contributed by atoms with Crippen LogP contribution in [0.4, 0.5) is 4.79 Å². The van der Waals surface area contributed by atoms with Crippen LogP contribution >= 0.6 is 0 Å². The van der Waals surface area contributed by atoms with Crippen LogP contribution in [0.1, 0.15) is 6.92 Å². The maximum Gasteiger partial charge on any atom is 0.409 e. The van der Waals surface area contributed by atoms with Gasteiger partial charge in [-0.3, -0.25) is 4.90 Å². The number of carbonyl (C=O) groups is 1. The van der Waals surface area contributed by atoms with Crippen LogP contribution in [0.25, 0.3) is 10.8 Å². The second-order valence-corrected chi connectivity index (χ2v) is 6.46. The number of β-amino-alcohol motifs (C(OH)–C–C–N with tert-alkyl or cyclic N) is 1. The van der Waals surface area contributed by atoms with Gasteiger partial charge in [-0.05, 0) is 29.8 Å². The first kappa shape index (κ1) is 18.5. The summed E-state index contributed by atoms with van der Waals surface area (Å²) in [6.07, 6.45) is -0.831. The van der Waals surface area contributed by atoms with Crippen LogP contribution in [0.15, 0.2) is 42.5 Å². The molecule has 0 bridgehead atoms. The monoisotopic (exact) mass is 358 g/mol. The van der Waals surface area contributed by atoms with Crippen molar-refractivity contribution in [2.75, 3.05) is 45.9 Å². The molecule has 1 fully saturated rings. The fourth-order valence-corrected chi connectivity index (χ4v) is 3.13. The summed E-state index contributed by atoms with van der Waals surface area (Å²) >= 11 is 0. The molecule has 1 N–H and O–H groups in total. The predicted octanol–water partition coefficient (Wildman–Crippen LogP) is 2.35. The molecule has 1 saturated heterocycles. The van der Waals surface area contributed by atoms with Crippen molar-refractivity contribution in [2.45, 2.75) is 13.0 Å². The molecule has 6 nitrogen and oxygen atoms in total. The number of hydrogen-bond acceptors (Lipinski definition) is 5. The molecule has 2 aromatic carbocycles. The van der Waals surface area contributed by atoms with Gasteiger partial charge in [-0.1, -0.05) is 30.3 Å². The molecule has 0 aromatic heterocycles. The Balaban J connectivity index is 1.43. The van der Waals surface area contributed by atoms with Crippen molar-refractivity contribution in [3.63, 3.8) is 0 Å². The summed E-state index contributed by atoms with van der Waals surface area (Å²) < 4.78 is 10.8. The van der Waals surface area contributed by atoms with E-state index < -0.39 is 6.10 Å². The minimum absolute atomic E-state index is 0.246. The van der Waals surface area contributed by atoms with Gasteiger partial charge in [0.1, 0.15) is 18.5 Å². The van der Waals surface area contributed by atoms with Crippen LogP contribution < -0.4 is 4.74 Å². The lowest BCUT2D eigenvalue weighted by molar-refractivity contribution is 0.0408. The molecule has 1 aliphatic rings. The Morgan fingerprint density at radius 1 is 1.12 bits per heavy atom. The fourth-order valence-electron chi connectivity index (χ4n) is 3.13. The number of hydrogen-bond donors (Lipinski definition) is 1. The molecule has 0 saturated carbocycles. The van der Waals surface area contributed by atoms with Crippen LogP contribution in [-0.2, 0) is 4.74 Å². The molecule has 1 heterocycles. The lowest BCUT2D eigenvalue weighted by Crippen LogP contribution is -2.51. The number of ether oxygens (including phenoxy) is 2. The Bertz CT molecular complexity index is 729. The maximum absolute atomic E-state index is 11.7. The predicted molar refractivity (Wildman–Crippen MR) is 100 cm³/mol. The first-order chi connectivity index (χ1) is 12.7. The summed E-state index contributed by atoms with van der Waals surface area (Å²) in [6.45, 7) is 5.68. The molecule has 1 atom stereocenters. The van der Waals surface area contributed by atoms with E-state index in [0.29, 0.717) is 26.2 Å². The Hall–Kier alpha value is -2.31. The van der Waals surface area contributed by atoms with Crippen LogP contribution in [0.2, 0.25) is 0 Å². The highest BCUT2D eigenvalue weighted by molar-refractivity contribution is 5.83. The molecular formula is C20H26N2O4. The van der Waals surface area contributed by atoms with Gasteiger partial charge in [0.15, 0.2) is 0 Å². The SMILES string of the molecule is CCOC(=O)N1CCN(CC(O)COc2ccc3ccccc3c2)CC1. The number of piperazine rings is 1. The van der Waals surface area contributed by atoms with E-state index in [1.54, 1.807) is 11.8 Å². The molecule has 3 rings (SSSR count). The fraction of sp³-hybridized carbons (Fsp3) is 0.450. The molecule has 1 unspecified atom stereocenters. The van der Waals surface area contributed by atoms with E-state index in [1.807, 2.05) is 36.4 Å². The molecular weight excluding hydrogens is 332 g/mol. The van der Waals surface area contributed by atoms with Gasteiger partial charge in [-0.25, -0.2) is 4.79 Å². The smallest absolute Gasteiger partial charge is 0.409 e. The van der Waals surface area contributed by atoms with Crippen molar-refractivity contribution in [2.24, 2.45) is 0 Å². The molecule has 6 heteroatoms. The highest BCUT2D eigenvalue weighted by Gasteiger charge is 2.23. The minimum atomic E-state index is -0.574. The first-order valence-electron chi connectivity index (χ1n) is 9.09. The minimum Gasteiger partial charge on any atom is -0.491 e. The molecule has 0 spiro atoms. The molecule has 1 amide bonds. The van der Waals surface area contributed by atoms with E-state index in [2.05, 4.69) is 11.0 Å². The largest absolute Gasteiger partial charge is 0.491 e. The molecule has 2 aromatic rings. The first-order valence-corrected chi connectivity index (χ1v) is 9.09. The zero-order valence-electron chi connectivity index (χ0n) is 15.1. The zero-order valence-corrected chi connectivity index (χ0v) is 15.1. The molecule has 1 aliphatic heterocycles. The van der Waals surface area contributed by atoms with Crippen LogP contribution in [-0.4, -0.2) is 73.0 Å². The lowest BCUT2D eigenvalue weighted by atomic mass is 10.1. The number of fused-ring (bicyclic) bond motifs is 1. The lowest BCUT2D eigenvalue weighted by Gasteiger charge is -2.34. The van der Waals surface area contributed by atoms with E-state index in [1.165, 1.54) is 5.39 Å². The number of benzene rings is 2. The standard InChI is InChI=1S/C20H26N2O4/c1-2-25-20(24)22-11-9-21(10-12-22)14-18(23)15-26-19-8-7-16-5-3-4-6-17(16)13-19/h3-8,13,18,23H,2,9-12,14-15H2,1H3. The van der Waals surface area contributed by atoms with Gasteiger partial charge >= 0.3 is 6.09 Å². The summed E-state index contributed by atoms with van der Waals surface area (Å²) in [5, 5.41) is 12.5. The van der Waals surface area contributed by atoms with Crippen LogP contribution in [0.5, 0.6) is 5.75 Å². The van der Waals surface area contributed by atoms with Crippen LogP contribution in [0, 0.1) is 0 Å². The second kappa shape index (κ2) is 8.87. The third-order valence-electron chi connectivity index (χ3n) is 4.53. The average molecular weight is 358 g/mol. The summed E-state index contributed by atoms with van der Waals surface area (Å²) in [6, 6.07) is 14.0. The summed E-state index contributed by atoms with van der Waals surface area (Å²) in [7, 11) is 0. The van der Waals surface area contributed by atoms with E-state index >= 15 is 0 Å². The van der Waals surface area contributed by atoms with Gasteiger partial charge in [-0.15, -0.1) is 0 Å². The molecule has 0 radical (unpaired) electrons. The van der Waals surface area contributed by atoms with Gasteiger partial charge < -0.3 is 19.5 Å². The maximum atomic E-state index is 11.7. The van der Waals surface area contributed by atoms with Gasteiger partial charge in [-0.2, -0.15) is 0 Å². The van der Waals surface area contributed by atoms with Gasteiger partial charge in [0.05, 0.1) is 6.61 Å². The van der Waals surface area contributed by atoms with Crippen molar-refractivity contribution < 1.29 is 19.4 Å². The van der Waals surface area contributed by atoms with Crippen molar-refractivity contribution in [1.82, 2.24) is 9.80 Å². The van der Waals surface area contributed by atoms with E-state index in [0.717, 1.165) is 24.2 Å². The third kappa shape index (κ3) is 4.86. The van der Waals surface area contributed by atoms with Gasteiger partial charge in [0.2, 0.25) is 0 Å². The highest BCUT2D eigenvalue weighted by atomic mass is 16.6. The second-order valence-electron chi connectivity index (χ2n) is 6.46. The highest BCUT2D eigenvalue weighted by Crippen LogP contribution is 2.20. The van der Waals surface area contributed by atoms with E-state index in [4.69, 9.17) is 9.47 Å². The number of aliphatic hydroxyl groups is 1. The Morgan fingerprint density at radius 3 is 2.58 bits per heavy atom. The summed E-state index contributed by atoms with van der Waals surface area (Å²) in [4.78, 5) is 15.5. The molecule has 0 aliphatic carbocycles. The van der Waals surface area contributed by atoms with Crippen molar-refractivity contribution >= 4 is 16.9 Å². The van der Waals surface area contributed by atoms with Crippen LogP contribution in [0.3, 0.4) is 0 Å². The zero-order chi connectivity index (χ0) is 18.4. The summed E-state index contributed by atoms with van der Waals surface area (Å²) in [5.74, 6) is 0.759. The Kier molecular flexibility index (Phi) is 6.30. The third-order valence-corrected chi connectivity index (χ3v) is 4.53. The number of aliphatic hydroxyl groups excluding tert-OH is 1. The normalized spacial score (nSPS) is 16.5. The number of carbonyl (C=O) groups excluding carboxylic acids is 1. The number of amides is 1. The Labute approximate surface area is 153 Å². The van der Waals surface area contributed by atoms with Crippen molar-refractivity contribution in [1.29, 1.82) is 0 Å². The van der Waals surface area contributed by atoms with E-state index in [9.17, 15) is 9.90 Å².